The van der Waals surface area contributed by atoms with E-state index in [1.54, 1.807) is 19.1 Å². The van der Waals surface area contributed by atoms with Gasteiger partial charge in [-0.25, -0.2) is 13.2 Å². The normalized spacial score (nSPS) is 16.1. The fraction of sp³-hybridized carbons (Fsp3) is 0.455. The van der Waals surface area contributed by atoms with Gasteiger partial charge in [0.2, 0.25) is 0 Å². The molecule has 0 amide bonds. The van der Waals surface area contributed by atoms with E-state index in [9.17, 15) is 13.2 Å². The number of rotatable bonds is 3. The lowest BCUT2D eigenvalue weighted by molar-refractivity contribution is -0.126. The Morgan fingerprint density at radius 3 is 2.00 bits per heavy atom. The van der Waals surface area contributed by atoms with Crippen molar-refractivity contribution < 1.29 is 13.2 Å². The molecule has 1 aromatic carbocycles. The largest absolute Gasteiger partial charge is 0.325 e. The van der Waals surface area contributed by atoms with Crippen molar-refractivity contribution in [3.63, 3.8) is 0 Å². The van der Waals surface area contributed by atoms with Crippen LogP contribution in [0.3, 0.4) is 0 Å². The average Bonchev–Trinajstić information content (AvgIpc) is 2.18. The van der Waals surface area contributed by atoms with E-state index in [2.05, 4.69) is 0 Å². The topological polar surface area (TPSA) is 26.0 Å². The van der Waals surface area contributed by atoms with E-state index in [4.69, 9.17) is 5.73 Å². The molecule has 0 radical (unpaired) electrons. The maximum atomic E-state index is 13.9. The number of hydrogen-bond acceptors (Lipinski definition) is 1. The van der Waals surface area contributed by atoms with Gasteiger partial charge in [0, 0.05) is 0 Å². The predicted molar refractivity (Wildman–Crippen MR) is 53.6 cm³/mol. The molecule has 0 heterocycles. The fourth-order valence-corrected chi connectivity index (χ4v) is 1.27. The molecule has 0 aliphatic rings. The molecule has 4 heteroatoms. The minimum atomic E-state index is -3.55. The minimum Gasteiger partial charge on any atom is -0.325 e. The van der Waals surface area contributed by atoms with Gasteiger partial charge in [0.15, 0.2) is 5.67 Å². The van der Waals surface area contributed by atoms with Crippen LogP contribution in [0.25, 0.3) is 0 Å². The summed E-state index contributed by atoms with van der Waals surface area (Å²) in [4.78, 5) is 0. The molecule has 0 aliphatic carbocycles. The van der Waals surface area contributed by atoms with E-state index in [-0.39, 0.29) is 5.56 Å². The molecule has 0 bridgehead atoms. The molecule has 0 aliphatic heterocycles. The molecule has 15 heavy (non-hydrogen) atoms. The zero-order valence-electron chi connectivity index (χ0n) is 8.73. The minimum absolute atomic E-state index is 0.0523. The summed E-state index contributed by atoms with van der Waals surface area (Å²) in [6, 6.07) is 5.91. The Bertz CT molecular complexity index is 330. The predicted octanol–water partition coefficient (Wildman–Crippen LogP) is 2.77. The second-order valence-electron chi connectivity index (χ2n) is 3.78. The third-order valence-electron chi connectivity index (χ3n) is 2.54. The molecule has 0 saturated carbocycles. The van der Waals surface area contributed by atoms with Crippen LogP contribution in [-0.4, -0.2) is 12.5 Å². The van der Waals surface area contributed by atoms with Crippen molar-refractivity contribution in [2.45, 2.75) is 25.4 Å². The van der Waals surface area contributed by atoms with Crippen LogP contribution >= 0.6 is 0 Å². The first-order valence-electron chi connectivity index (χ1n) is 4.65. The Hall–Kier alpha value is -1.03. The molecule has 2 N–H and O–H groups in total. The van der Waals surface area contributed by atoms with Crippen molar-refractivity contribution in [1.29, 1.82) is 0 Å². The number of halogens is 3. The van der Waals surface area contributed by atoms with Crippen LogP contribution in [0.15, 0.2) is 24.3 Å². The summed E-state index contributed by atoms with van der Waals surface area (Å²) in [7, 11) is 0. The smallest absolute Gasteiger partial charge is 0.297 e. The van der Waals surface area contributed by atoms with E-state index in [1.807, 2.05) is 0 Å². The first-order valence-corrected chi connectivity index (χ1v) is 4.65. The monoisotopic (exact) mass is 217 g/mol. The van der Waals surface area contributed by atoms with Crippen LogP contribution in [0.4, 0.5) is 13.2 Å². The standard InChI is InChI=1S/C11H14F3N/c1-8-3-5-9(6-4-8)10(2,12)11(13,14)7-15/h3-6H,7,15H2,1-2H3. The number of aryl methyl sites for hydroxylation is 1. The molecule has 1 aromatic rings. The summed E-state index contributed by atoms with van der Waals surface area (Å²) in [6.07, 6.45) is 0. The highest BCUT2D eigenvalue weighted by molar-refractivity contribution is 5.28. The highest BCUT2D eigenvalue weighted by Gasteiger charge is 2.51. The fourth-order valence-electron chi connectivity index (χ4n) is 1.27. The lowest BCUT2D eigenvalue weighted by Crippen LogP contribution is -2.45. The highest BCUT2D eigenvalue weighted by atomic mass is 19.3. The number of alkyl halides is 3. The van der Waals surface area contributed by atoms with Crippen LogP contribution in [0.1, 0.15) is 18.1 Å². The van der Waals surface area contributed by atoms with Gasteiger partial charge in [-0.3, -0.25) is 0 Å². The van der Waals surface area contributed by atoms with Crippen LogP contribution in [0, 0.1) is 6.92 Å². The molecule has 0 aromatic heterocycles. The number of benzene rings is 1. The van der Waals surface area contributed by atoms with Gasteiger partial charge < -0.3 is 5.73 Å². The summed E-state index contributed by atoms with van der Waals surface area (Å²) >= 11 is 0. The van der Waals surface area contributed by atoms with Crippen molar-refractivity contribution in [3.8, 4) is 0 Å². The molecule has 0 saturated heterocycles. The van der Waals surface area contributed by atoms with Crippen molar-refractivity contribution in [2.24, 2.45) is 5.73 Å². The van der Waals surface area contributed by atoms with Gasteiger partial charge in [-0.15, -0.1) is 0 Å². The number of hydrogen-bond donors (Lipinski definition) is 1. The Balaban J connectivity index is 3.10. The first kappa shape index (κ1) is 12.0. The molecule has 0 fully saturated rings. The van der Waals surface area contributed by atoms with Crippen molar-refractivity contribution in [1.82, 2.24) is 0 Å². The summed E-state index contributed by atoms with van der Waals surface area (Å²) in [6.45, 7) is 1.65. The van der Waals surface area contributed by atoms with Gasteiger partial charge in [0.1, 0.15) is 0 Å². The summed E-state index contributed by atoms with van der Waals surface area (Å²) in [5.74, 6) is -3.55. The van der Waals surface area contributed by atoms with Gasteiger partial charge in [-0.2, -0.15) is 0 Å². The molecular formula is C11H14F3N. The second kappa shape index (κ2) is 3.85. The first-order chi connectivity index (χ1) is 6.81. The molecular weight excluding hydrogens is 203 g/mol. The number of nitrogens with two attached hydrogens (primary N) is 1. The average molecular weight is 217 g/mol. The summed E-state index contributed by atoms with van der Waals surface area (Å²) in [5, 5.41) is 0. The lowest BCUT2D eigenvalue weighted by Gasteiger charge is -2.29. The maximum absolute atomic E-state index is 13.9. The maximum Gasteiger partial charge on any atom is 0.297 e. The van der Waals surface area contributed by atoms with Gasteiger partial charge >= 0.3 is 0 Å². The van der Waals surface area contributed by atoms with Gasteiger partial charge in [-0.1, -0.05) is 29.8 Å². The SMILES string of the molecule is Cc1ccc(C(C)(F)C(F)(F)CN)cc1. The van der Waals surface area contributed by atoms with E-state index >= 15 is 0 Å². The molecule has 1 atom stereocenters. The van der Waals surface area contributed by atoms with E-state index < -0.39 is 18.1 Å². The molecule has 0 spiro atoms. The molecule has 1 rings (SSSR count). The van der Waals surface area contributed by atoms with Crippen molar-refractivity contribution in [2.75, 3.05) is 6.54 Å². The Morgan fingerprint density at radius 1 is 1.13 bits per heavy atom. The second-order valence-corrected chi connectivity index (χ2v) is 3.78. The van der Waals surface area contributed by atoms with Crippen molar-refractivity contribution in [3.05, 3.63) is 35.4 Å². The van der Waals surface area contributed by atoms with Crippen LogP contribution in [-0.2, 0) is 5.67 Å². The zero-order valence-corrected chi connectivity index (χ0v) is 8.73. The van der Waals surface area contributed by atoms with E-state index in [1.165, 1.54) is 12.1 Å². The third-order valence-corrected chi connectivity index (χ3v) is 2.54. The van der Waals surface area contributed by atoms with Crippen LogP contribution in [0.5, 0.6) is 0 Å². The lowest BCUT2D eigenvalue weighted by atomic mass is 9.90. The summed E-state index contributed by atoms with van der Waals surface area (Å²) < 4.78 is 40.3. The highest BCUT2D eigenvalue weighted by Crippen LogP contribution is 2.40. The van der Waals surface area contributed by atoms with Gasteiger partial charge in [-0.05, 0) is 19.4 Å². The van der Waals surface area contributed by atoms with E-state index in [0.29, 0.717) is 0 Å². The van der Waals surface area contributed by atoms with Crippen molar-refractivity contribution >= 4 is 0 Å². The van der Waals surface area contributed by atoms with Gasteiger partial charge in [0.25, 0.3) is 5.92 Å². The molecule has 1 unspecified atom stereocenters. The Labute approximate surface area is 87.1 Å². The Morgan fingerprint density at radius 2 is 1.60 bits per heavy atom. The van der Waals surface area contributed by atoms with Gasteiger partial charge in [0.05, 0.1) is 6.54 Å². The zero-order chi connectivity index (χ0) is 11.7. The Kier molecular flexibility index (Phi) is 3.09. The summed E-state index contributed by atoms with van der Waals surface area (Å²) in [5.41, 5.74) is 2.98. The van der Waals surface area contributed by atoms with Crippen LogP contribution in [0.2, 0.25) is 0 Å². The van der Waals surface area contributed by atoms with E-state index in [0.717, 1.165) is 12.5 Å². The quantitative estimate of drug-likeness (QED) is 0.827. The third kappa shape index (κ3) is 2.15. The van der Waals surface area contributed by atoms with Crippen LogP contribution < -0.4 is 5.73 Å². The molecule has 84 valence electrons. The molecule has 1 nitrogen and oxygen atoms in total.